The minimum atomic E-state index is -2.55. The molecule has 1 heterocycles. The molecule has 0 bridgehead atoms. The van der Waals surface area contributed by atoms with Gasteiger partial charge in [-0.1, -0.05) is 0 Å². The van der Waals surface area contributed by atoms with E-state index in [1.165, 1.54) is 6.92 Å². The third kappa shape index (κ3) is 1.28. The summed E-state index contributed by atoms with van der Waals surface area (Å²) in [6.45, 7) is 1.86. The van der Waals surface area contributed by atoms with E-state index in [0.717, 1.165) is 0 Å². The van der Waals surface area contributed by atoms with Gasteiger partial charge in [0.2, 0.25) is 0 Å². The molecule has 0 N–H and O–H groups in total. The van der Waals surface area contributed by atoms with Crippen molar-refractivity contribution in [1.82, 2.24) is 4.90 Å². The number of likely N-dealkylation sites (N-methyl/N-ethyl adjacent to an activating group) is 1. The van der Waals surface area contributed by atoms with E-state index in [2.05, 4.69) is 0 Å². The third-order valence-electron chi connectivity index (χ3n) is 3.65. The van der Waals surface area contributed by atoms with Crippen molar-refractivity contribution in [3.05, 3.63) is 0 Å². The molecule has 4 heteroatoms. The molecular weight excluding hydrogens is 188 g/mol. The number of Topliss-reactive ketones (excluding diaryl/α,β-unsaturated/α-hetero) is 1. The first-order valence-corrected chi connectivity index (χ1v) is 5.02. The largest absolute Gasteiger partial charge is 0.298 e. The summed E-state index contributed by atoms with van der Waals surface area (Å²) in [5.41, 5.74) is 0. The smallest absolute Gasteiger partial charge is 0.252 e. The van der Waals surface area contributed by atoms with Crippen LogP contribution in [0.4, 0.5) is 8.78 Å². The highest BCUT2D eigenvalue weighted by molar-refractivity contribution is 5.82. The Balaban J connectivity index is 2.23. The fraction of sp³-hybridized carbons (Fsp3) is 0.900. The van der Waals surface area contributed by atoms with Gasteiger partial charge in [0.1, 0.15) is 5.78 Å². The Morgan fingerprint density at radius 3 is 2.71 bits per heavy atom. The van der Waals surface area contributed by atoms with Crippen LogP contribution < -0.4 is 0 Å². The first kappa shape index (κ1) is 10.0. The van der Waals surface area contributed by atoms with Crippen LogP contribution in [-0.4, -0.2) is 36.2 Å². The molecule has 0 amide bonds. The number of hydrogen-bond acceptors (Lipinski definition) is 2. The molecule has 0 unspecified atom stereocenters. The zero-order valence-corrected chi connectivity index (χ0v) is 8.46. The van der Waals surface area contributed by atoms with Crippen molar-refractivity contribution in [2.24, 2.45) is 11.8 Å². The number of carbonyl (C=O) groups excluding carboxylic acids is 1. The van der Waals surface area contributed by atoms with Gasteiger partial charge in [0, 0.05) is 18.9 Å². The van der Waals surface area contributed by atoms with Crippen molar-refractivity contribution in [1.29, 1.82) is 0 Å². The van der Waals surface area contributed by atoms with E-state index in [4.69, 9.17) is 0 Å². The van der Waals surface area contributed by atoms with Gasteiger partial charge in [0.15, 0.2) is 0 Å². The fourth-order valence-electron chi connectivity index (χ4n) is 3.07. The van der Waals surface area contributed by atoms with Crippen LogP contribution in [0, 0.1) is 11.8 Å². The molecule has 2 aliphatic rings. The number of carbonyl (C=O) groups is 1. The number of hydrogen-bond donors (Lipinski definition) is 0. The second kappa shape index (κ2) is 2.99. The van der Waals surface area contributed by atoms with Gasteiger partial charge in [0.05, 0.1) is 6.04 Å². The summed E-state index contributed by atoms with van der Waals surface area (Å²) in [4.78, 5) is 13.1. The molecule has 0 aromatic rings. The maximum Gasteiger partial charge on any atom is 0.252 e. The molecular formula is C10H15F2NO. The van der Waals surface area contributed by atoms with Crippen molar-refractivity contribution in [3.63, 3.8) is 0 Å². The first-order chi connectivity index (χ1) is 6.43. The Bertz CT molecular complexity index is 267. The van der Waals surface area contributed by atoms with E-state index < -0.39 is 11.8 Å². The lowest BCUT2D eigenvalue weighted by Crippen LogP contribution is -2.35. The summed E-state index contributed by atoms with van der Waals surface area (Å²) in [5, 5.41) is 0. The molecule has 0 aromatic carbocycles. The average molecular weight is 203 g/mol. The Hall–Kier alpha value is -0.510. The number of likely N-dealkylation sites (tertiary alicyclic amines) is 1. The number of fused-ring (bicyclic) bond motifs is 1. The van der Waals surface area contributed by atoms with Crippen LogP contribution in [0.25, 0.3) is 0 Å². The highest BCUT2D eigenvalue weighted by atomic mass is 19.3. The highest BCUT2D eigenvalue weighted by Gasteiger charge is 2.57. The van der Waals surface area contributed by atoms with E-state index in [1.807, 2.05) is 0 Å². The van der Waals surface area contributed by atoms with E-state index in [1.54, 1.807) is 11.9 Å². The topological polar surface area (TPSA) is 20.3 Å². The van der Waals surface area contributed by atoms with E-state index in [9.17, 15) is 13.6 Å². The number of nitrogens with zero attached hydrogens (tertiary/aromatic N) is 1. The minimum Gasteiger partial charge on any atom is -0.298 e. The van der Waals surface area contributed by atoms with Crippen molar-refractivity contribution < 1.29 is 13.6 Å². The monoisotopic (exact) mass is 203 g/mol. The molecule has 1 saturated carbocycles. The van der Waals surface area contributed by atoms with Crippen LogP contribution in [0.15, 0.2) is 0 Å². The van der Waals surface area contributed by atoms with E-state index in [-0.39, 0.29) is 24.2 Å². The van der Waals surface area contributed by atoms with Crippen molar-refractivity contribution in [2.75, 3.05) is 13.6 Å². The van der Waals surface area contributed by atoms with Crippen molar-refractivity contribution in [2.45, 2.75) is 31.7 Å². The third-order valence-corrected chi connectivity index (χ3v) is 3.65. The lowest BCUT2D eigenvalue weighted by Gasteiger charge is -2.20. The molecule has 2 fully saturated rings. The Morgan fingerprint density at radius 1 is 1.50 bits per heavy atom. The second-order valence-electron chi connectivity index (χ2n) is 4.57. The van der Waals surface area contributed by atoms with Crippen LogP contribution in [0.2, 0.25) is 0 Å². The molecule has 3 atom stereocenters. The van der Waals surface area contributed by atoms with E-state index >= 15 is 0 Å². The molecule has 1 aliphatic carbocycles. The summed E-state index contributed by atoms with van der Waals surface area (Å²) in [7, 11) is 1.76. The number of halogens is 2. The summed E-state index contributed by atoms with van der Waals surface area (Å²) >= 11 is 0. The SMILES string of the molecule is CC(=O)[C@@H]1[C@H]2CCC(F)(F)[C@H]2CN1C. The maximum atomic E-state index is 13.4. The molecule has 1 saturated heterocycles. The average Bonchev–Trinajstić information content (AvgIpc) is 2.50. The second-order valence-corrected chi connectivity index (χ2v) is 4.57. The van der Waals surface area contributed by atoms with Crippen LogP contribution in [-0.2, 0) is 4.79 Å². The Morgan fingerprint density at radius 2 is 2.14 bits per heavy atom. The van der Waals surface area contributed by atoms with E-state index in [0.29, 0.717) is 13.0 Å². The lowest BCUT2D eigenvalue weighted by molar-refractivity contribution is -0.121. The standard InChI is InChI=1S/C10H15F2NO/c1-6(14)9-7-3-4-10(11,12)8(7)5-13(9)2/h7-9H,3-5H2,1-2H3/t7-,8-,9+/m0/s1. The van der Waals surface area contributed by atoms with Gasteiger partial charge in [-0.2, -0.15) is 0 Å². The summed E-state index contributed by atoms with van der Waals surface area (Å²) in [5.74, 6) is -3.24. The maximum absolute atomic E-state index is 13.4. The summed E-state index contributed by atoms with van der Waals surface area (Å²) in [6, 6.07) is -0.270. The molecule has 14 heavy (non-hydrogen) atoms. The van der Waals surface area contributed by atoms with Crippen LogP contribution in [0.3, 0.4) is 0 Å². The molecule has 1 aliphatic heterocycles. The molecule has 0 aromatic heterocycles. The number of alkyl halides is 2. The Labute approximate surface area is 82.3 Å². The van der Waals surface area contributed by atoms with Gasteiger partial charge in [-0.25, -0.2) is 8.78 Å². The van der Waals surface area contributed by atoms with Gasteiger partial charge in [0.25, 0.3) is 5.92 Å². The Kier molecular flexibility index (Phi) is 2.14. The van der Waals surface area contributed by atoms with Crippen molar-refractivity contribution in [3.8, 4) is 0 Å². The molecule has 2 nitrogen and oxygen atoms in total. The molecule has 0 radical (unpaired) electrons. The quantitative estimate of drug-likeness (QED) is 0.644. The summed E-state index contributed by atoms with van der Waals surface area (Å²) < 4.78 is 26.7. The van der Waals surface area contributed by atoms with Gasteiger partial charge >= 0.3 is 0 Å². The summed E-state index contributed by atoms with van der Waals surface area (Å²) in [6.07, 6.45) is 0.451. The van der Waals surface area contributed by atoms with Crippen LogP contribution >= 0.6 is 0 Å². The molecule has 0 spiro atoms. The lowest BCUT2D eigenvalue weighted by atomic mass is 9.91. The normalized spacial score (nSPS) is 41.3. The van der Waals surface area contributed by atoms with Gasteiger partial charge in [-0.3, -0.25) is 9.69 Å². The van der Waals surface area contributed by atoms with Gasteiger partial charge in [-0.05, 0) is 26.3 Å². The highest BCUT2D eigenvalue weighted by Crippen LogP contribution is 2.50. The molecule has 2 rings (SSSR count). The zero-order chi connectivity index (χ0) is 10.5. The molecule has 80 valence electrons. The number of rotatable bonds is 1. The first-order valence-electron chi connectivity index (χ1n) is 5.02. The zero-order valence-electron chi connectivity index (χ0n) is 8.46. The predicted octanol–water partition coefficient (Wildman–Crippen LogP) is 1.55. The van der Waals surface area contributed by atoms with Crippen LogP contribution in [0.1, 0.15) is 19.8 Å². The van der Waals surface area contributed by atoms with Gasteiger partial charge in [-0.15, -0.1) is 0 Å². The fourth-order valence-corrected chi connectivity index (χ4v) is 3.07. The van der Waals surface area contributed by atoms with Gasteiger partial charge < -0.3 is 0 Å². The van der Waals surface area contributed by atoms with Crippen molar-refractivity contribution >= 4 is 5.78 Å². The minimum absolute atomic E-state index is 0.0256. The predicted molar refractivity (Wildman–Crippen MR) is 48.3 cm³/mol. The number of ketones is 1. The van der Waals surface area contributed by atoms with Crippen LogP contribution in [0.5, 0.6) is 0 Å².